The summed E-state index contributed by atoms with van der Waals surface area (Å²) in [6, 6.07) is 0. The quantitative estimate of drug-likeness (QED) is 0.570. The van der Waals surface area contributed by atoms with Gasteiger partial charge >= 0.3 is 11.9 Å². The summed E-state index contributed by atoms with van der Waals surface area (Å²) >= 11 is 0. The molecule has 0 radical (unpaired) electrons. The van der Waals surface area contributed by atoms with Crippen LogP contribution in [0, 0.1) is 0 Å². The zero-order chi connectivity index (χ0) is 11.3. The predicted octanol–water partition coefficient (Wildman–Crippen LogP) is -0.206. The normalized spacial score (nSPS) is 10.1. The van der Waals surface area contributed by atoms with Gasteiger partial charge in [0.2, 0.25) is 6.33 Å². The molecule has 0 unspecified atom stereocenters. The van der Waals surface area contributed by atoms with Crippen LogP contribution in [0.5, 0.6) is 0 Å². The number of carboxylic acid groups (broad SMARTS) is 2. The summed E-state index contributed by atoms with van der Waals surface area (Å²) < 4.78 is 1.72. The Morgan fingerprint density at radius 1 is 1.27 bits per heavy atom. The van der Waals surface area contributed by atoms with Gasteiger partial charge in [-0.25, -0.2) is 9.55 Å². The van der Waals surface area contributed by atoms with Gasteiger partial charge in [0.25, 0.3) is 0 Å². The fraction of sp³-hybridized carbons (Fsp3) is 0.444. The number of carboxylic acids is 2. The molecule has 0 aliphatic heterocycles. The lowest BCUT2D eigenvalue weighted by Crippen LogP contribution is -2.36. The van der Waals surface area contributed by atoms with E-state index in [2.05, 4.69) is 4.98 Å². The van der Waals surface area contributed by atoms with E-state index in [0.717, 1.165) is 5.69 Å². The van der Waals surface area contributed by atoms with Crippen LogP contribution in [0.4, 0.5) is 0 Å². The minimum Gasteiger partial charge on any atom is -0.481 e. The summed E-state index contributed by atoms with van der Waals surface area (Å²) in [4.78, 5) is 23.5. The van der Waals surface area contributed by atoms with Gasteiger partial charge in [-0.3, -0.25) is 9.59 Å². The Bertz CT molecular complexity index is 326. The maximum Gasteiger partial charge on any atom is 0.307 e. The lowest BCUT2D eigenvalue weighted by molar-refractivity contribution is -0.701. The third kappa shape index (κ3) is 3.80. The third-order valence-electron chi connectivity index (χ3n) is 2.01. The van der Waals surface area contributed by atoms with E-state index in [0.29, 0.717) is 13.0 Å². The number of aromatic nitrogens is 2. The summed E-state index contributed by atoms with van der Waals surface area (Å²) in [5, 5.41) is 17.0. The van der Waals surface area contributed by atoms with Crippen molar-refractivity contribution in [1.82, 2.24) is 4.98 Å². The molecule has 0 aromatic carbocycles. The fourth-order valence-electron chi connectivity index (χ4n) is 1.26. The van der Waals surface area contributed by atoms with E-state index in [1.807, 2.05) is 0 Å². The Labute approximate surface area is 86.2 Å². The minimum absolute atomic E-state index is 0.0303. The van der Waals surface area contributed by atoms with Crippen LogP contribution in [0.1, 0.15) is 18.5 Å². The molecule has 1 aromatic heterocycles. The van der Waals surface area contributed by atoms with Crippen molar-refractivity contribution in [3.8, 4) is 0 Å². The maximum atomic E-state index is 10.4. The molecule has 1 heterocycles. The molecule has 0 aliphatic carbocycles. The van der Waals surface area contributed by atoms with Gasteiger partial charge in [0.1, 0.15) is 18.4 Å². The molecule has 0 aliphatic rings. The summed E-state index contributed by atoms with van der Waals surface area (Å²) in [6.07, 6.45) is 3.80. The molecule has 0 fully saturated rings. The molecule has 0 spiro atoms. The van der Waals surface area contributed by atoms with E-state index in [4.69, 9.17) is 10.2 Å². The highest BCUT2D eigenvalue weighted by Crippen LogP contribution is 1.96. The summed E-state index contributed by atoms with van der Waals surface area (Å²) in [7, 11) is 0. The summed E-state index contributed by atoms with van der Waals surface area (Å²) in [5.41, 5.74) is 0.804. The molecule has 0 amide bonds. The second-order valence-corrected chi connectivity index (χ2v) is 3.16. The van der Waals surface area contributed by atoms with Crippen molar-refractivity contribution in [1.29, 1.82) is 0 Å². The molecule has 3 N–H and O–H groups in total. The number of carbonyl (C=O) groups is 2. The van der Waals surface area contributed by atoms with Crippen LogP contribution in [0.15, 0.2) is 12.5 Å². The SMILES string of the molecule is O=C(O)CCc1c[nH]c[n+]1CCC(=O)O. The highest BCUT2D eigenvalue weighted by molar-refractivity contribution is 5.67. The van der Waals surface area contributed by atoms with Gasteiger partial charge in [-0.1, -0.05) is 0 Å². The van der Waals surface area contributed by atoms with Crippen LogP contribution in [0.3, 0.4) is 0 Å². The van der Waals surface area contributed by atoms with E-state index in [9.17, 15) is 9.59 Å². The Morgan fingerprint density at radius 3 is 2.53 bits per heavy atom. The van der Waals surface area contributed by atoms with Crippen molar-refractivity contribution >= 4 is 11.9 Å². The Hall–Kier alpha value is -1.85. The van der Waals surface area contributed by atoms with E-state index >= 15 is 0 Å². The van der Waals surface area contributed by atoms with E-state index < -0.39 is 11.9 Å². The molecule has 0 atom stereocenters. The number of nitrogens with zero attached hydrogens (tertiary/aromatic N) is 1. The zero-order valence-electron chi connectivity index (χ0n) is 8.14. The number of aliphatic carboxylic acids is 2. The monoisotopic (exact) mass is 213 g/mol. The molecule has 1 aromatic rings. The highest BCUT2D eigenvalue weighted by atomic mass is 16.4. The van der Waals surface area contributed by atoms with Gasteiger partial charge in [0.15, 0.2) is 0 Å². The van der Waals surface area contributed by atoms with Crippen molar-refractivity contribution in [2.75, 3.05) is 0 Å². The lowest BCUT2D eigenvalue weighted by Gasteiger charge is -1.98. The second-order valence-electron chi connectivity index (χ2n) is 3.16. The van der Waals surface area contributed by atoms with E-state index in [1.54, 1.807) is 17.1 Å². The highest BCUT2D eigenvalue weighted by Gasteiger charge is 2.11. The van der Waals surface area contributed by atoms with E-state index in [1.165, 1.54) is 0 Å². The second kappa shape index (κ2) is 5.14. The topological polar surface area (TPSA) is 94.3 Å². The number of nitrogens with one attached hydrogen (secondary N) is 1. The summed E-state index contributed by atoms with van der Waals surface area (Å²) in [5.74, 6) is -1.73. The first kappa shape index (κ1) is 11.2. The van der Waals surface area contributed by atoms with Crippen molar-refractivity contribution in [2.45, 2.75) is 25.8 Å². The zero-order valence-corrected chi connectivity index (χ0v) is 8.14. The molecule has 15 heavy (non-hydrogen) atoms. The van der Waals surface area contributed by atoms with Crippen LogP contribution in [-0.2, 0) is 22.6 Å². The van der Waals surface area contributed by atoms with Gasteiger partial charge in [-0.05, 0) is 0 Å². The molecule has 0 bridgehead atoms. The standard InChI is InChI=1S/C9H12N2O4/c12-8(13)2-1-7-5-10-6-11(7)4-3-9(14)15/h5-6H,1-4H2,(H2,12,13,14,15)/p+1. The average molecular weight is 213 g/mol. The van der Waals surface area contributed by atoms with Crippen molar-refractivity contribution in [2.24, 2.45) is 0 Å². The molecule has 82 valence electrons. The van der Waals surface area contributed by atoms with Crippen LogP contribution in [0.2, 0.25) is 0 Å². The number of imidazole rings is 1. The molecular formula is C9H13N2O4+. The number of hydrogen-bond donors (Lipinski definition) is 3. The predicted molar refractivity (Wildman–Crippen MR) is 49.2 cm³/mol. The Morgan fingerprint density at radius 2 is 1.93 bits per heavy atom. The number of rotatable bonds is 6. The first-order valence-corrected chi connectivity index (χ1v) is 4.58. The van der Waals surface area contributed by atoms with Crippen molar-refractivity contribution in [3.63, 3.8) is 0 Å². The minimum atomic E-state index is -0.868. The number of aromatic amines is 1. The summed E-state index contributed by atoms with van der Waals surface area (Å²) in [6.45, 7) is 0.355. The first-order chi connectivity index (χ1) is 7.09. The smallest absolute Gasteiger partial charge is 0.307 e. The number of H-pyrrole nitrogens is 1. The Kier molecular flexibility index (Phi) is 3.84. The van der Waals surface area contributed by atoms with Crippen molar-refractivity contribution in [3.05, 3.63) is 18.2 Å². The van der Waals surface area contributed by atoms with Gasteiger partial charge < -0.3 is 10.2 Å². The molecule has 6 heteroatoms. The maximum absolute atomic E-state index is 10.4. The van der Waals surface area contributed by atoms with Crippen LogP contribution < -0.4 is 4.57 Å². The van der Waals surface area contributed by atoms with Gasteiger partial charge in [0, 0.05) is 6.42 Å². The van der Waals surface area contributed by atoms with Gasteiger partial charge in [-0.15, -0.1) is 0 Å². The van der Waals surface area contributed by atoms with Gasteiger partial charge in [0.05, 0.1) is 12.8 Å². The van der Waals surface area contributed by atoms with Crippen LogP contribution in [-0.4, -0.2) is 27.1 Å². The average Bonchev–Trinajstić information content (AvgIpc) is 2.58. The molecule has 1 rings (SSSR count). The Balaban J connectivity index is 2.53. The third-order valence-corrected chi connectivity index (χ3v) is 2.01. The van der Waals surface area contributed by atoms with Crippen LogP contribution in [0.25, 0.3) is 0 Å². The molecule has 6 nitrogen and oxygen atoms in total. The number of aryl methyl sites for hydroxylation is 2. The fourth-order valence-corrected chi connectivity index (χ4v) is 1.26. The van der Waals surface area contributed by atoms with Crippen molar-refractivity contribution < 1.29 is 24.4 Å². The first-order valence-electron chi connectivity index (χ1n) is 4.58. The molecule has 0 saturated heterocycles. The molecule has 0 saturated carbocycles. The number of hydrogen-bond acceptors (Lipinski definition) is 2. The van der Waals surface area contributed by atoms with Crippen LogP contribution >= 0.6 is 0 Å². The largest absolute Gasteiger partial charge is 0.481 e. The lowest BCUT2D eigenvalue weighted by atomic mass is 10.2. The van der Waals surface area contributed by atoms with Gasteiger partial charge in [-0.2, -0.15) is 0 Å². The molecular weight excluding hydrogens is 200 g/mol. The van der Waals surface area contributed by atoms with E-state index in [-0.39, 0.29) is 12.8 Å².